The first-order valence-corrected chi connectivity index (χ1v) is 6.77. The van der Waals surface area contributed by atoms with Crippen molar-refractivity contribution >= 4 is 22.6 Å². The summed E-state index contributed by atoms with van der Waals surface area (Å²) in [6.45, 7) is 2.15. The van der Waals surface area contributed by atoms with Gasteiger partial charge in [0.05, 0.1) is 0 Å². The van der Waals surface area contributed by atoms with Crippen molar-refractivity contribution in [2.75, 3.05) is 0 Å². The van der Waals surface area contributed by atoms with Crippen molar-refractivity contribution in [1.29, 1.82) is 0 Å². The first kappa shape index (κ1) is 11.4. The Balaban J connectivity index is 2.09. The first-order chi connectivity index (χ1) is 7.18. The molecule has 1 aromatic carbocycles. The highest BCUT2D eigenvalue weighted by molar-refractivity contribution is 14.1. The fourth-order valence-corrected chi connectivity index (χ4v) is 2.93. The van der Waals surface area contributed by atoms with Crippen LogP contribution in [0.4, 0.5) is 0 Å². The van der Waals surface area contributed by atoms with E-state index < -0.39 is 0 Å². The normalized spacial score (nSPS) is 18.6. The highest BCUT2D eigenvalue weighted by Crippen LogP contribution is 2.35. The van der Waals surface area contributed by atoms with Crippen LogP contribution < -0.4 is 5.73 Å². The van der Waals surface area contributed by atoms with E-state index >= 15 is 0 Å². The second-order valence-corrected chi connectivity index (χ2v) is 5.70. The number of hydrogen-bond donors (Lipinski definition) is 1. The standard InChI is InChI=1S/C13H18IN/c1-9-4-2-7-11(13(9)14)12(15)8-10-5-3-6-10/h2,4,7,10,12H,3,5-6,8,15H2,1H3. The van der Waals surface area contributed by atoms with Crippen LogP contribution in [0, 0.1) is 16.4 Å². The van der Waals surface area contributed by atoms with Crippen LogP contribution in [-0.2, 0) is 0 Å². The van der Waals surface area contributed by atoms with Crippen LogP contribution in [0.3, 0.4) is 0 Å². The predicted octanol–water partition coefficient (Wildman–Crippen LogP) is 3.79. The zero-order chi connectivity index (χ0) is 10.8. The molecule has 0 radical (unpaired) electrons. The van der Waals surface area contributed by atoms with Crippen molar-refractivity contribution in [3.05, 3.63) is 32.9 Å². The van der Waals surface area contributed by atoms with Gasteiger partial charge in [-0.1, -0.05) is 37.5 Å². The van der Waals surface area contributed by atoms with Gasteiger partial charge in [0.25, 0.3) is 0 Å². The molecule has 15 heavy (non-hydrogen) atoms. The first-order valence-electron chi connectivity index (χ1n) is 5.69. The van der Waals surface area contributed by atoms with Crippen LogP contribution in [0.1, 0.15) is 42.9 Å². The molecule has 82 valence electrons. The Morgan fingerprint density at radius 1 is 1.47 bits per heavy atom. The van der Waals surface area contributed by atoms with Crippen LogP contribution in [0.5, 0.6) is 0 Å². The van der Waals surface area contributed by atoms with Crippen LogP contribution in [-0.4, -0.2) is 0 Å². The summed E-state index contributed by atoms with van der Waals surface area (Å²) in [5.41, 5.74) is 8.95. The Morgan fingerprint density at radius 2 is 2.20 bits per heavy atom. The smallest absolute Gasteiger partial charge is 0.0308 e. The molecule has 0 spiro atoms. The lowest BCUT2D eigenvalue weighted by molar-refractivity contribution is 0.277. The molecule has 0 saturated heterocycles. The van der Waals surface area contributed by atoms with Crippen molar-refractivity contribution in [2.24, 2.45) is 11.7 Å². The van der Waals surface area contributed by atoms with Gasteiger partial charge >= 0.3 is 0 Å². The molecule has 1 saturated carbocycles. The zero-order valence-corrected chi connectivity index (χ0v) is 11.3. The number of halogens is 1. The molecule has 1 aliphatic rings. The summed E-state index contributed by atoms with van der Waals surface area (Å²) in [6.07, 6.45) is 5.34. The average molecular weight is 315 g/mol. The Kier molecular flexibility index (Phi) is 3.67. The minimum atomic E-state index is 0.238. The third-order valence-corrected chi connectivity index (χ3v) is 4.91. The molecule has 0 heterocycles. The molecule has 2 heteroatoms. The minimum absolute atomic E-state index is 0.238. The Hall–Kier alpha value is -0.0900. The number of benzene rings is 1. The second kappa shape index (κ2) is 4.83. The number of nitrogens with two attached hydrogens (primary N) is 1. The lowest BCUT2D eigenvalue weighted by atomic mass is 9.80. The van der Waals surface area contributed by atoms with E-state index in [4.69, 9.17) is 5.73 Å². The molecular weight excluding hydrogens is 297 g/mol. The molecule has 0 aliphatic heterocycles. The van der Waals surface area contributed by atoms with E-state index in [1.165, 1.54) is 40.4 Å². The molecule has 0 bridgehead atoms. The molecule has 0 aromatic heterocycles. The summed E-state index contributed by atoms with van der Waals surface area (Å²) in [4.78, 5) is 0. The summed E-state index contributed by atoms with van der Waals surface area (Å²) >= 11 is 2.42. The molecule has 1 aromatic rings. The van der Waals surface area contributed by atoms with Crippen molar-refractivity contribution in [2.45, 2.75) is 38.6 Å². The van der Waals surface area contributed by atoms with E-state index in [0.29, 0.717) is 0 Å². The molecule has 1 unspecified atom stereocenters. The molecular formula is C13H18IN. The summed E-state index contributed by atoms with van der Waals surface area (Å²) in [5, 5.41) is 0. The highest BCUT2D eigenvalue weighted by Gasteiger charge is 2.22. The Morgan fingerprint density at radius 3 is 2.80 bits per heavy atom. The summed E-state index contributed by atoms with van der Waals surface area (Å²) in [5.74, 6) is 0.885. The fourth-order valence-electron chi connectivity index (χ4n) is 2.17. The van der Waals surface area contributed by atoms with Gasteiger partial charge in [-0.05, 0) is 53.0 Å². The summed E-state index contributed by atoms with van der Waals surface area (Å²) in [6, 6.07) is 6.69. The maximum Gasteiger partial charge on any atom is 0.0308 e. The lowest BCUT2D eigenvalue weighted by Crippen LogP contribution is -2.20. The minimum Gasteiger partial charge on any atom is -0.324 e. The van der Waals surface area contributed by atoms with E-state index in [9.17, 15) is 0 Å². The largest absolute Gasteiger partial charge is 0.324 e. The number of rotatable bonds is 3. The number of aryl methyl sites for hydroxylation is 1. The third-order valence-electron chi connectivity index (χ3n) is 3.43. The van der Waals surface area contributed by atoms with E-state index in [-0.39, 0.29) is 6.04 Å². The van der Waals surface area contributed by atoms with Gasteiger partial charge in [-0.2, -0.15) is 0 Å². The van der Waals surface area contributed by atoms with Crippen molar-refractivity contribution in [1.82, 2.24) is 0 Å². The van der Waals surface area contributed by atoms with Gasteiger partial charge in [-0.25, -0.2) is 0 Å². The molecule has 1 aliphatic carbocycles. The topological polar surface area (TPSA) is 26.0 Å². The number of hydrogen-bond acceptors (Lipinski definition) is 1. The maximum atomic E-state index is 6.27. The van der Waals surface area contributed by atoms with Gasteiger partial charge in [-0.15, -0.1) is 0 Å². The van der Waals surface area contributed by atoms with E-state index in [2.05, 4.69) is 47.7 Å². The predicted molar refractivity (Wildman–Crippen MR) is 72.8 cm³/mol. The third kappa shape index (κ3) is 2.53. The van der Waals surface area contributed by atoms with Gasteiger partial charge in [-0.3, -0.25) is 0 Å². The van der Waals surface area contributed by atoms with Crippen LogP contribution in [0.2, 0.25) is 0 Å². The average Bonchev–Trinajstić information content (AvgIpc) is 2.15. The summed E-state index contributed by atoms with van der Waals surface area (Å²) < 4.78 is 1.35. The maximum absolute atomic E-state index is 6.27. The SMILES string of the molecule is Cc1cccc(C(N)CC2CCC2)c1I. The Labute approximate surface area is 106 Å². The monoisotopic (exact) mass is 315 g/mol. The zero-order valence-electron chi connectivity index (χ0n) is 9.17. The van der Waals surface area contributed by atoms with Gasteiger partial charge in [0.2, 0.25) is 0 Å². The Bertz CT molecular complexity index is 344. The summed E-state index contributed by atoms with van der Waals surface area (Å²) in [7, 11) is 0. The van der Waals surface area contributed by atoms with Gasteiger partial charge < -0.3 is 5.73 Å². The lowest BCUT2D eigenvalue weighted by Gasteiger charge is -2.28. The molecule has 1 atom stereocenters. The van der Waals surface area contributed by atoms with Gasteiger partial charge in [0.1, 0.15) is 0 Å². The van der Waals surface area contributed by atoms with E-state index in [1.54, 1.807) is 0 Å². The van der Waals surface area contributed by atoms with Crippen molar-refractivity contribution in [3.63, 3.8) is 0 Å². The van der Waals surface area contributed by atoms with Gasteiger partial charge in [0.15, 0.2) is 0 Å². The van der Waals surface area contributed by atoms with Gasteiger partial charge in [0, 0.05) is 9.61 Å². The van der Waals surface area contributed by atoms with Crippen LogP contribution in [0.15, 0.2) is 18.2 Å². The van der Waals surface area contributed by atoms with Crippen molar-refractivity contribution in [3.8, 4) is 0 Å². The molecule has 1 nitrogen and oxygen atoms in total. The second-order valence-electron chi connectivity index (χ2n) is 4.62. The fraction of sp³-hybridized carbons (Fsp3) is 0.538. The molecule has 2 N–H and O–H groups in total. The quantitative estimate of drug-likeness (QED) is 0.844. The van der Waals surface area contributed by atoms with Crippen LogP contribution >= 0.6 is 22.6 Å². The van der Waals surface area contributed by atoms with Crippen molar-refractivity contribution < 1.29 is 0 Å². The molecule has 0 amide bonds. The molecule has 1 fully saturated rings. The molecule has 2 rings (SSSR count). The van der Waals surface area contributed by atoms with E-state index in [0.717, 1.165) is 5.92 Å². The van der Waals surface area contributed by atoms with E-state index in [1.807, 2.05) is 0 Å². The highest BCUT2D eigenvalue weighted by atomic mass is 127. The van der Waals surface area contributed by atoms with Crippen LogP contribution in [0.25, 0.3) is 0 Å².